The molecule has 3 nitrogen and oxygen atoms in total. The quantitative estimate of drug-likeness (QED) is 0.656. The summed E-state index contributed by atoms with van der Waals surface area (Å²) in [5.41, 5.74) is 2.11. The number of phenolic OH excluding ortho intramolecular Hbond substituents is 1. The Labute approximate surface area is 136 Å². The fourth-order valence-corrected chi connectivity index (χ4v) is 2.63. The summed E-state index contributed by atoms with van der Waals surface area (Å²) in [7, 11) is 0. The highest BCUT2D eigenvalue weighted by Gasteiger charge is 2.10. The molecule has 0 spiro atoms. The lowest BCUT2D eigenvalue weighted by atomic mass is 10.0. The van der Waals surface area contributed by atoms with Crippen molar-refractivity contribution >= 4 is 16.5 Å². The SMILES string of the molecule is CC(C)Oc1ccc2ccccc2c1CNc1ccc(O)cc1. The summed E-state index contributed by atoms with van der Waals surface area (Å²) in [6.45, 7) is 4.73. The van der Waals surface area contributed by atoms with Gasteiger partial charge in [0.2, 0.25) is 0 Å². The van der Waals surface area contributed by atoms with E-state index in [0.29, 0.717) is 6.54 Å². The number of aromatic hydroxyl groups is 1. The summed E-state index contributed by atoms with van der Waals surface area (Å²) >= 11 is 0. The largest absolute Gasteiger partial charge is 0.508 e. The average molecular weight is 307 g/mol. The first kappa shape index (κ1) is 15.2. The molecule has 0 amide bonds. The maximum atomic E-state index is 9.38. The molecule has 0 radical (unpaired) electrons. The molecule has 0 heterocycles. The minimum atomic E-state index is 0.128. The molecule has 0 fully saturated rings. The van der Waals surface area contributed by atoms with Crippen molar-refractivity contribution in [3.05, 3.63) is 66.2 Å². The third kappa shape index (κ3) is 3.57. The Morgan fingerprint density at radius 3 is 2.43 bits per heavy atom. The van der Waals surface area contributed by atoms with Gasteiger partial charge in [0, 0.05) is 17.8 Å². The lowest BCUT2D eigenvalue weighted by molar-refractivity contribution is 0.240. The highest BCUT2D eigenvalue weighted by molar-refractivity contribution is 5.88. The van der Waals surface area contributed by atoms with Crippen molar-refractivity contribution in [1.82, 2.24) is 0 Å². The number of phenols is 1. The predicted octanol–water partition coefficient (Wildman–Crippen LogP) is 4.94. The number of benzene rings is 3. The molecular formula is C20H21NO2. The van der Waals surface area contributed by atoms with Gasteiger partial charge in [-0.2, -0.15) is 0 Å². The van der Waals surface area contributed by atoms with E-state index in [0.717, 1.165) is 17.0 Å². The van der Waals surface area contributed by atoms with Crippen molar-refractivity contribution in [3.8, 4) is 11.5 Å². The van der Waals surface area contributed by atoms with Crippen molar-refractivity contribution in [3.63, 3.8) is 0 Å². The van der Waals surface area contributed by atoms with E-state index in [2.05, 4.69) is 23.5 Å². The maximum absolute atomic E-state index is 9.38. The molecule has 0 aliphatic rings. The van der Waals surface area contributed by atoms with Gasteiger partial charge in [0.15, 0.2) is 0 Å². The maximum Gasteiger partial charge on any atom is 0.125 e. The zero-order chi connectivity index (χ0) is 16.2. The highest BCUT2D eigenvalue weighted by atomic mass is 16.5. The fraction of sp³-hybridized carbons (Fsp3) is 0.200. The lowest BCUT2D eigenvalue weighted by Crippen LogP contribution is -2.09. The number of nitrogens with one attached hydrogen (secondary N) is 1. The van der Waals surface area contributed by atoms with Crippen LogP contribution >= 0.6 is 0 Å². The van der Waals surface area contributed by atoms with Crippen LogP contribution in [0.5, 0.6) is 11.5 Å². The minimum Gasteiger partial charge on any atom is -0.508 e. The molecule has 3 rings (SSSR count). The van der Waals surface area contributed by atoms with Gasteiger partial charge in [0.1, 0.15) is 11.5 Å². The van der Waals surface area contributed by atoms with E-state index in [1.165, 1.54) is 10.8 Å². The van der Waals surface area contributed by atoms with Gasteiger partial charge in [-0.1, -0.05) is 30.3 Å². The van der Waals surface area contributed by atoms with Crippen LogP contribution in [0, 0.1) is 0 Å². The van der Waals surface area contributed by atoms with Gasteiger partial charge < -0.3 is 15.2 Å². The number of fused-ring (bicyclic) bond motifs is 1. The van der Waals surface area contributed by atoms with Crippen LogP contribution in [-0.2, 0) is 6.54 Å². The molecule has 2 N–H and O–H groups in total. The van der Waals surface area contributed by atoms with E-state index in [1.807, 2.05) is 44.2 Å². The van der Waals surface area contributed by atoms with Gasteiger partial charge in [0.05, 0.1) is 6.10 Å². The first-order valence-electron chi connectivity index (χ1n) is 7.83. The van der Waals surface area contributed by atoms with Crippen LogP contribution < -0.4 is 10.1 Å². The molecule has 0 bridgehead atoms. The summed E-state index contributed by atoms with van der Waals surface area (Å²) in [4.78, 5) is 0. The summed E-state index contributed by atoms with van der Waals surface area (Å²) < 4.78 is 5.98. The molecule has 0 unspecified atom stereocenters. The van der Waals surface area contributed by atoms with E-state index < -0.39 is 0 Å². The van der Waals surface area contributed by atoms with Crippen LogP contribution in [0.25, 0.3) is 10.8 Å². The Hall–Kier alpha value is -2.68. The van der Waals surface area contributed by atoms with E-state index in [1.54, 1.807) is 12.1 Å². The molecule has 118 valence electrons. The topological polar surface area (TPSA) is 41.5 Å². The molecule has 0 saturated carbocycles. The monoisotopic (exact) mass is 307 g/mol. The standard InChI is InChI=1S/C20H21NO2/c1-14(2)23-20-12-7-15-5-3-4-6-18(15)19(20)13-21-16-8-10-17(22)11-9-16/h3-12,14,21-22H,13H2,1-2H3. The molecular weight excluding hydrogens is 286 g/mol. The lowest BCUT2D eigenvalue weighted by Gasteiger charge is -2.17. The second-order valence-corrected chi connectivity index (χ2v) is 5.83. The Morgan fingerprint density at radius 2 is 1.70 bits per heavy atom. The second-order valence-electron chi connectivity index (χ2n) is 5.83. The van der Waals surface area contributed by atoms with E-state index in [-0.39, 0.29) is 11.9 Å². The van der Waals surface area contributed by atoms with Crippen LogP contribution in [0.4, 0.5) is 5.69 Å². The van der Waals surface area contributed by atoms with E-state index >= 15 is 0 Å². The molecule has 0 aliphatic carbocycles. The van der Waals surface area contributed by atoms with Gasteiger partial charge in [0.25, 0.3) is 0 Å². The van der Waals surface area contributed by atoms with E-state index in [4.69, 9.17) is 4.74 Å². The van der Waals surface area contributed by atoms with Gasteiger partial charge in [-0.15, -0.1) is 0 Å². The summed E-state index contributed by atoms with van der Waals surface area (Å²) in [5, 5.41) is 15.2. The Morgan fingerprint density at radius 1 is 0.957 bits per heavy atom. The number of ether oxygens (including phenoxy) is 1. The molecule has 3 aromatic rings. The van der Waals surface area contributed by atoms with Crippen molar-refractivity contribution in [1.29, 1.82) is 0 Å². The van der Waals surface area contributed by atoms with E-state index in [9.17, 15) is 5.11 Å². The molecule has 0 saturated heterocycles. The first-order valence-corrected chi connectivity index (χ1v) is 7.83. The predicted molar refractivity (Wildman–Crippen MR) is 95.1 cm³/mol. The zero-order valence-corrected chi connectivity index (χ0v) is 13.4. The smallest absolute Gasteiger partial charge is 0.125 e. The average Bonchev–Trinajstić information content (AvgIpc) is 2.55. The van der Waals surface area contributed by atoms with Crippen LogP contribution in [0.15, 0.2) is 60.7 Å². The molecule has 3 heteroatoms. The van der Waals surface area contributed by atoms with Crippen molar-refractivity contribution in [2.24, 2.45) is 0 Å². The minimum absolute atomic E-state index is 0.128. The summed E-state index contributed by atoms with van der Waals surface area (Å²) in [6, 6.07) is 19.5. The van der Waals surface area contributed by atoms with Gasteiger partial charge in [-0.25, -0.2) is 0 Å². The number of hydrogen-bond acceptors (Lipinski definition) is 3. The summed E-state index contributed by atoms with van der Waals surface area (Å²) in [6.07, 6.45) is 0.128. The molecule has 0 aliphatic heterocycles. The van der Waals surface area contributed by atoms with Gasteiger partial charge >= 0.3 is 0 Å². The zero-order valence-electron chi connectivity index (χ0n) is 13.4. The summed E-state index contributed by atoms with van der Waals surface area (Å²) in [5.74, 6) is 1.18. The van der Waals surface area contributed by atoms with Crippen LogP contribution in [0.1, 0.15) is 19.4 Å². The number of rotatable bonds is 5. The van der Waals surface area contributed by atoms with Crippen LogP contribution in [0.3, 0.4) is 0 Å². The number of hydrogen-bond donors (Lipinski definition) is 2. The highest BCUT2D eigenvalue weighted by Crippen LogP contribution is 2.30. The third-order valence-electron chi connectivity index (χ3n) is 3.70. The molecule has 3 aromatic carbocycles. The van der Waals surface area contributed by atoms with Crippen LogP contribution in [-0.4, -0.2) is 11.2 Å². The second kappa shape index (κ2) is 6.61. The number of anilines is 1. The van der Waals surface area contributed by atoms with Crippen LogP contribution in [0.2, 0.25) is 0 Å². The first-order chi connectivity index (χ1) is 11.1. The Kier molecular flexibility index (Phi) is 4.38. The fourth-order valence-electron chi connectivity index (χ4n) is 2.63. The molecule has 0 atom stereocenters. The molecule has 0 aromatic heterocycles. The van der Waals surface area contributed by atoms with Crippen molar-refractivity contribution < 1.29 is 9.84 Å². The Balaban J connectivity index is 1.94. The van der Waals surface area contributed by atoms with Gasteiger partial charge in [-0.05, 0) is 55.0 Å². The normalized spacial score (nSPS) is 10.9. The van der Waals surface area contributed by atoms with Crippen molar-refractivity contribution in [2.45, 2.75) is 26.5 Å². The molecule has 23 heavy (non-hydrogen) atoms. The van der Waals surface area contributed by atoms with Gasteiger partial charge in [-0.3, -0.25) is 0 Å². The third-order valence-corrected chi connectivity index (χ3v) is 3.70. The Bertz CT molecular complexity index is 794. The van der Waals surface area contributed by atoms with Crippen molar-refractivity contribution in [2.75, 3.05) is 5.32 Å².